The highest BCUT2D eigenvalue weighted by Crippen LogP contribution is 2.29. The standard InChI is InChI=1S/C12H14N2OS/c1-8-7-10(8)14-12(15)11-5-4-9(16-11)3-2-6-13/h4-5,8,10H,6-7,13H2,1H3,(H,14,15). The lowest BCUT2D eigenvalue weighted by Crippen LogP contribution is -2.25. The molecule has 4 heteroatoms. The maximum absolute atomic E-state index is 11.8. The summed E-state index contributed by atoms with van der Waals surface area (Å²) < 4.78 is 0. The molecular weight excluding hydrogens is 220 g/mol. The summed E-state index contributed by atoms with van der Waals surface area (Å²) in [4.78, 5) is 13.4. The highest BCUT2D eigenvalue weighted by molar-refractivity contribution is 7.14. The molecule has 1 aliphatic rings. The zero-order valence-electron chi connectivity index (χ0n) is 9.12. The molecule has 3 N–H and O–H groups in total. The van der Waals surface area contributed by atoms with Crippen molar-refractivity contribution in [1.29, 1.82) is 0 Å². The number of hydrogen-bond donors (Lipinski definition) is 2. The Kier molecular flexibility index (Phi) is 3.28. The third-order valence-corrected chi connectivity index (χ3v) is 3.57. The fourth-order valence-corrected chi connectivity index (χ4v) is 2.21. The van der Waals surface area contributed by atoms with Crippen molar-refractivity contribution < 1.29 is 4.79 Å². The van der Waals surface area contributed by atoms with Crippen molar-refractivity contribution in [3.05, 3.63) is 21.9 Å². The molecule has 0 aromatic carbocycles. The van der Waals surface area contributed by atoms with E-state index < -0.39 is 0 Å². The molecule has 0 aliphatic heterocycles. The van der Waals surface area contributed by atoms with Gasteiger partial charge in [-0.15, -0.1) is 11.3 Å². The molecule has 84 valence electrons. The SMILES string of the molecule is CC1CC1NC(=O)c1ccc(C#CCN)s1. The molecule has 1 aromatic heterocycles. The van der Waals surface area contributed by atoms with Gasteiger partial charge in [0.05, 0.1) is 16.3 Å². The summed E-state index contributed by atoms with van der Waals surface area (Å²) >= 11 is 1.41. The summed E-state index contributed by atoms with van der Waals surface area (Å²) in [6.45, 7) is 2.48. The van der Waals surface area contributed by atoms with Crippen molar-refractivity contribution in [2.75, 3.05) is 6.54 Å². The Labute approximate surface area is 99.0 Å². The third-order valence-electron chi connectivity index (χ3n) is 2.57. The summed E-state index contributed by atoms with van der Waals surface area (Å²) in [5.74, 6) is 6.33. The molecular formula is C12H14N2OS. The predicted molar refractivity (Wildman–Crippen MR) is 65.3 cm³/mol. The number of amides is 1. The number of hydrogen-bond acceptors (Lipinski definition) is 3. The Morgan fingerprint density at radius 3 is 3.06 bits per heavy atom. The van der Waals surface area contributed by atoms with Crippen LogP contribution in [0.1, 0.15) is 27.9 Å². The molecule has 0 radical (unpaired) electrons. The predicted octanol–water partition coefficient (Wildman–Crippen LogP) is 1.20. The van der Waals surface area contributed by atoms with E-state index in [0.29, 0.717) is 18.5 Å². The lowest BCUT2D eigenvalue weighted by molar-refractivity contribution is 0.0953. The second kappa shape index (κ2) is 4.69. The van der Waals surface area contributed by atoms with Crippen LogP contribution in [0, 0.1) is 17.8 Å². The quantitative estimate of drug-likeness (QED) is 0.755. The smallest absolute Gasteiger partial charge is 0.261 e. The minimum absolute atomic E-state index is 0.0140. The molecule has 16 heavy (non-hydrogen) atoms. The van der Waals surface area contributed by atoms with Gasteiger partial charge in [-0.1, -0.05) is 18.8 Å². The Morgan fingerprint density at radius 2 is 2.44 bits per heavy atom. The van der Waals surface area contributed by atoms with Gasteiger partial charge in [0.2, 0.25) is 0 Å². The Hall–Kier alpha value is -1.31. The fourth-order valence-electron chi connectivity index (χ4n) is 1.43. The maximum atomic E-state index is 11.8. The van der Waals surface area contributed by atoms with Crippen LogP contribution in [0.25, 0.3) is 0 Å². The van der Waals surface area contributed by atoms with Crippen LogP contribution >= 0.6 is 11.3 Å². The fraction of sp³-hybridized carbons (Fsp3) is 0.417. The van der Waals surface area contributed by atoms with Gasteiger partial charge in [-0.25, -0.2) is 0 Å². The van der Waals surface area contributed by atoms with Gasteiger partial charge in [-0.2, -0.15) is 0 Å². The van der Waals surface area contributed by atoms with Crippen molar-refractivity contribution in [3.63, 3.8) is 0 Å². The Morgan fingerprint density at radius 1 is 1.69 bits per heavy atom. The minimum Gasteiger partial charge on any atom is -0.348 e. The van der Waals surface area contributed by atoms with E-state index in [2.05, 4.69) is 24.1 Å². The number of thiophene rings is 1. The lowest BCUT2D eigenvalue weighted by Gasteiger charge is -1.99. The molecule has 2 unspecified atom stereocenters. The summed E-state index contributed by atoms with van der Waals surface area (Å²) in [5.41, 5.74) is 5.28. The van der Waals surface area contributed by atoms with Crippen LogP contribution in [0.15, 0.2) is 12.1 Å². The molecule has 0 spiro atoms. The molecule has 0 bridgehead atoms. The molecule has 0 saturated heterocycles. The van der Waals surface area contributed by atoms with Crippen LogP contribution in [0.2, 0.25) is 0 Å². The Bertz CT molecular complexity index is 455. The first-order valence-electron chi connectivity index (χ1n) is 5.30. The largest absolute Gasteiger partial charge is 0.348 e. The second-order valence-electron chi connectivity index (χ2n) is 3.96. The van der Waals surface area contributed by atoms with Crippen LogP contribution in [-0.4, -0.2) is 18.5 Å². The average molecular weight is 234 g/mol. The molecule has 1 fully saturated rings. The van der Waals surface area contributed by atoms with E-state index in [-0.39, 0.29) is 5.91 Å². The van der Waals surface area contributed by atoms with Crippen molar-refractivity contribution >= 4 is 17.2 Å². The first kappa shape index (κ1) is 11.2. The first-order valence-corrected chi connectivity index (χ1v) is 6.12. The van der Waals surface area contributed by atoms with Gasteiger partial charge in [0.1, 0.15) is 0 Å². The van der Waals surface area contributed by atoms with Crippen LogP contribution in [-0.2, 0) is 0 Å². The molecule has 1 saturated carbocycles. The van der Waals surface area contributed by atoms with E-state index in [1.807, 2.05) is 12.1 Å². The van der Waals surface area contributed by atoms with Gasteiger partial charge in [0, 0.05) is 6.04 Å². The number of carbonyl (C=O) groups is 1. The lowest BCUT2D eigenvalue weighted by atomic mass is 10.4. The first-order chi connectivity index (χ1) is 7.70. The van der Waals surface area contributed by atoms with Gasteiger partial charge in [-0.3, -0.25) is 4.79 Å². The van der Waals surface area contributed by atoms with Crippen LogP contribution < -0.4 is 11.1 Å². The zero-order chi connectivity index (χ0) is 11.5. The number of nitrogens with two attached hydrogens (primary N) is 1. The van der Waals surface area contributed by atoms with Gasteiger partial charge in [0.25, 0.3) is 5.91 Å². The topological polar surface area (TPSA) is 55.1 Å². The molecule has 1 aliphatic carbocycles. The Balaban J connectivity index is 1.98. The molecule has 3 nitrogen and oxygen atoms in total. The normalized spacial score (nSPS) is 22.1. The molecule has 1 aromatic rings. The maximum Gasteiger partial charge on any atom is 0.261 e. The highest BCUT2D eigenvalue weighted by atomic mass is 32.1. The summed E-state index contributed by atoms with van der Waals surface area (Å²) in [6.07, 6.45) is 1.09. The summed E-state index contributed by atoms with van der Waals surface area (Å²) in [5, 5.41) is 2.99. The molecule has 1 amide bonds. The van der Waals surface area contributed by atoms with E-state index in [0.717, 1.165) is 16.2 Å². The van der Waals surface area contributed by atoms with E-state index >= 15 is 0 Å². The molecule has 2 rings (SSSR count). The van der Waals surface area contributed by atoms with Crippen LogP contribution in [0.3, 0.4) is 0 Å². The summed E-state index contributed by atoms with van der Waals surface area (Å²) in [6, 6.07) is 4.04. The zero-order valence-corrected chi connectivity index (χ0v) is 9.93. The van der Waals surface area contributed by atoms with E-state index in [1.165, 1.54) is 11.3 Å². The average Bonchev–Trinajstić information content (AvgIpc) is 2.81. The van der Waals surface area contributed by atoms with Crippen LogP contribution in [0.5, 0.6) is 0 Å². The van der Waals surface area contributed by atoms with Gasteiger partial charge >= 0.3 is 0 Å². The van der Waals surface area contributed by atoms with Crippen molar-refractivity contribution in [3.8, 4) is 11.8 Å². The van der Waals surface area contributed by atoms with E-state index in [4.69, 9.17) is 5.73 Å². The number of nitrogens with one attached hydrogen (secondary N) is 1. The number of rotatable bonds is 2. The van der Waals surface area contributed by atoms with Crippen molar-refractivity contribution in [1.82, 2.24) is 5.32 Å². The van der Waals surface area contributed by atoms with Gasteiger partial charge in [-0.05, 0) is 24.5 Å². The third kappa shape index (κ3) is 2.63. The molecule has 2 atom stereocenters. The van der Waals surface area contributed by atoms with Crippen molar-refractivity contribution in [2.24, 2.45) is 11.7 Å². The van der Waals surface area contributed by atoms with Gasteiger partial charge < -0.3 is 11.1 Å². The van der Waals surface area contributed by atoms with Crippen molar-refractivity contribution in [2.45, 2.75) is 19.4 Å². The highest BCUT2D eigenvalue weighted by Gasteiger charge is 2.34. The minimum atomic E-state index is 0.0140. The number of carbonyl (C=O) groups excluding carboxylic acids is 1. The van der Waals surface area contributed by atoms with Gasteiger partial charge in [0.15, 0.2) is 0 Å². The van der Waals surface area contributed by atoms with E-state index in [9.17, 15) is 4.79 Å². The van der Waals surface area contributed by atoms with Crippen LogP contribution in [0.4, 0.5) is 0 Å². The summed E-state index contributed by atoms with van der Waals surface area (Å²) in [7, 11) is 0. The monoisotopic (exact) mass is 234 g/mol. The second-order valence-corrected chi connectivity index (χ2v) is 5.05. The van der Waals surface area contributed by atoms with E-state index in [1.54, 1.807) is 0 Å². The molecule has 1 heterocycles.